The highest BCUT2D eigenvalue weighted by atomic mass is 35.5. The van der Waals surface area contributed by atoms with Crippen molar-refractivity contribution in [3.8, 4) is 38.7 Å². The summed E-state index contributed by atoms with van der Waals surface area (Å²) in [6, 6.07) is 23.1. The van der Waals surface area contributed by atoms with E-state index in [9.17, 15) is 5.11 Å². The number of benzene rings is 2. The highest BCUT2D eigenvalue weighted by molar-refractivity contribution is 7.13. The van der Waals surface area contributed by atoms with Crippen LogP contribution in [-0.4, -0.2) is 10.1 Å². The maximum absolute atomic E-state index is 10.2. The van der Waals surface area contributed by atoms with Gasteiger partial charge in [0.1, 0.15) is 5.75 Å². The van der Waals surface area contributed by atoms with Gasteiger partial charge in [-0.25, -0.2) is 4.98 Å². The van der Waals surface area contributed by atoms with Crippen molar-refractivity contribution in [1.82, 2.24) is 4.98 Å². The maximum atomic E-state index is 10.2. The van der Waals surface area contributed by atoms with Crippen molar-refractivity contribution in [3.05, 3.63) is 83.2 Å². The van der Waals surface area contributed by atoms with Crippen molar-refractivity contribution in [2.45, 2.75) is 0 Å². The summed E-state index contributed by atoms with van der Waals surface area (Å²) in [6.45, 7) is 0. The molecule has 0 bridgehead atoms. The fourth-order valence-corrected chi connectivity index (χ4v) is 3.64. The topological polar surface area (TPSA) is 33.1 Å². The zero-order valence-corrected chi connectivity index (χ0v) is 14.8. The molecule has 25 heavy (non-hydrogen) atoms. The molecule has 122 valence electrons. The van der Waals surface area contributed by atoms with Crippen molar-refractivity contribution < 1.29 is 5.11 Å². The van der Waals surface area contributed by atoms with Crippen LogP contribution in [0.5, 0.6) is 5.75 Å². The Morgan fingerprint density at radius 3 is 2.40 bits per heavy atom. The Labute approximate surface area is 155 Å². The molecule has 0 saturated carbocycles. The summed E-state index contributed by atoms with van der Waals surface area (Å²) < 4.78 is 0. The number of halogens is 1. The molecule has 4 rings (SSSR count). The van der Waals surface area contributed by atoms with E-state index in [1.54, 1.807) is 23.5 Å². The Morgan fingerprint density at radius 2 is 1.64 bits per heavy atom. The van der Waals surface area contributed by atoms with Gasteiger partial charge in [-0.3, -0.25) is 0 Å². The second kappa shape index (κ2) is 6.71. The van der Waals surface area contributed by atoms with Gasteiger partial charge in [-0.1, -0.05) is 41.9 Å². The monoisotopic (exact) mass is 363 g/mol. The van der Waals surface area contributed by atoms with E-state index >= 15 is 0 Å². The number of phenols is 1. The Kier molecular flexibility index (Phi) is 4.26. The molecule has 0 aliphatic heterocycles. The minimum absolute atomic E-state index is 0.218. The summed E-state index contributed by atoms with van der Waals surface area (Å²) in [6.07, 6.45) is 0. The number of nitrogens with zero attached hydrogens (tertiary/aromatic N) is 1. The number of hydrogen-bond donors (Lipinski definition) is 1. The highest BCUT2D eigenvalue weighted by Crippen LogP contribution is 2.35. The van der Waals surface area contributed by atoms with Gasteiger partial charge in [-0.05, 0) is 53.4 Å². The smallest absolute Gasteiger partial charge is 0.124 e. The third-order valence-electron chi connectivity index (χ3n) is 3.93. The lowest BCUT2D eigenvalue weighted by Crippen LogP contribution is -1.91. The van der Waals surface area contributed by atoms with Crippen LogP contribution in [0.4, 0.5) is 0 Å². The minimum Gasteiger partial charge on any atom is -0.507 e. The minimum atomic E-state index is 0.218. The van der Waals surface area contributed by atoms with Gasteiger partial charge < -0.3 is 5.11 Å². The van der Waals surface area contributed by atoms with Crippen LogP contribution < -0.4 is 0 Å². The van der Waals surface area contributed by atoms with E-state index in [2.05, 4.69) is 17.5 Å². The average molecular weight is 364 g/mol. The number of aromatic hydroxyl groups is 1. The number of hydrogen-bond acceptors (Lipinski definition) is 3. The van der Waals surface area contributed by atoms with E-state index in [4.69, 9.17) is 16.6 Å². The van der Waals surface area contributed by atoms with Gasteiger partial charge in [0.05, 0.1) is 11.4 Å². The Morgan fingerprint density at radius 1 is 0.800 bits per heavy atom. The van der Waals surface area contributed by atoms with Crippen LogP contribution in [0.25, 0.3) is 33.0 Å². The van der Waals surface area contributed by atoms with Gasteiger partial charge in [0.25, 0.3) is 0 Å². The van der Waals surface area contributed by atoms with Gasteiger partial charge in [-0.15, -0.1) is 11.3 Å². The predicted octanol–water partition coefficient (Wildman–Crippen LogP) is 6.50. The van der Waals surface area contributed by atoms with E-state index in [0.717, 1.165) is 27.4 Å². The normalized spacial score (nSPS) is 10.8. The molecule has 2 aromatic heterocycles. The fourth-order valence-electron chi connectivity index (χ4n) is 2.74. The lowest BCUT2D eigenvalue weighted by Gasteiger charge is -2.10. The number of para-hydroxylation sites is 1. The molecule has 0 unspecified atom stereocenters. The third-order valence-corrected chi connectivity index (χ3v) is 5.09. The fraction of sp³-hybridized carbons (Fsp3) is 0. The first-order chi connectivity index (χ1) is 12.2. The molecular formula is C21H14ClNOS. The SMILES string of the molecule is Oc1ccccc1-c1cc(-c2cccs2)cc(-c2cccc(Cl)c2)n1. The van der Waals surface area contributed by atoms with Crippen molar-refractivity contribution in [1.29, 1.82) is 0 Å². The summed E-state index contributed by atoms with van der Waals surface area (Å²) in [7, 11) is 0. The molecule has 4 aromatic rings. The number of pyridine rings is 1. The Hall–Kier alpha value is -2.62. The number of thiophene rings is 1. The van der Waals surface area contributed by atoms with E-state index in [-0.39, 0.29) is 5.75 Å². The molecule has 2 aromatic carbocycles. The molecular weight excluding hydrogens is 350 g/mol. The number of rotatable bonds is 3. The Balaban J connectivity index is 1.94. The number of aromatic nitrogens is 1. The predicted molar refractivity (Wildman–Crippen MR) is 105 cm³/mol. The first kappa shape index (κ1) is 15.9. The van der Waals surface area contributed by atoms with Gasteiger partial charge in [0.2, 0.25) is 0 Å². The van der Waals surface area contributed by atoms with Crippen molar-refractivity contribution >= 4 is 22.9 Å². The molecule has 0 amide bonds. The van der Waals surface area contributed by atoms with E-state index in [1.807, 2.05) is 48.5 Å². The first-order valence-electron chi connectivity index (χ1n) is 7.81. The van der Waals surface area contributed by atoms with Crippen LogP contribution in [0.1, 0.15) is 0 Å². The Bertz CT molecular complexity index is 1030. The van der Waals surface area contributed by atoms with Crippen LogP contribution in [0, 0.1) is 0 Å². The molecule has 2 nitrogen and oxygen atoms in total. The zero-order valence-electron chi connectivity index (χ0n) is 13.2. The molecule has 0 spiro atoms. The van der Waals surface area contributed by atoms with Gasteiger partial charge in [-0.2, -0.15) is 0 Å². The summed E-state index contributed by atoms with van der Waals surface area (Å²) in [5, 5.41) is 13.0. The quantitative estimate of drug-likeness (QED) is 0.450. The first-order valence-corrected chi connectivity index (χ1v) is 9.07. The molecule has 2 heterocycles. The molecule has 0 aliphatic carbocycles. The van der Waals surface area contributed by atoms with Crippen LogP contribution >= 0.6 is 22.9 Å². The lowest BCUT2D eigenvalue weighted by molar-refractivity contribution is 0.477. The van der Waals surface area contributed by atoms with Gasteiger partial charge in [0, 0.05) is 21.0 Å². The molecule has 0 saturated heterocycles. The molecule has 1 N–H and O–H groups in total. The van der Waals surface area contributed by atoms with E-state index in [1.165, 1.54) is 0 Å². The largest absolute Gasteiger partial charge is 0.507 e. The standard InChI is InChI=1S/C21H14ClNOS/c22-16-6-3-5-14(11-16)18-12-15(21-9-4-10-25-21)13-19(23-18)17-7-1-2-8-20(17)24/h1-13,24H. The van der Waals surface area contributed by atoms with E-state index < -0.39 is 0 Å². The molecule has 0 fully saturated rings. The van der Waals surface area contributed by atoms with Crippen LogP contribution in [0.3, 0.4) is 0 Å². The van der Waals surface area contributed by atoms with Crippen molar-refractivity contribution in [2.24, 2.45) is 0 Å². The zero-order chi connectivity index (χ0) is 17.2. The second-order valence-corrected chi connectivity index (χ2v) is 7.02. The van der Waals surface area contributed by atoms with Crippen LogP contribution in [0.2, 0.25) is 5.02 Å². The van der Waals surface area contributed by atoms with Gasteiger partial charge in [0.15, 0.2) is 0 Å². The molecule has 0 radical (unpaired) electrons. The molecule has 0 atom stereocenters. The summed E-state index contributed by atoms with van der Waals surface area (Å²) >= 11 is 7.83. The average Bonchev–Trinajstić information content (AvgIpc) is 3.16. The summed E-state index contributed by atoms with van der Waals surface area (Å²) in [4.78, 5) is 5.93. The highest BCUT2D eigenvalue weighted by Gasteiger charge is 2.12. The van der Waals surface area contributed by atoms with Crippen molar-refractivity contribution in [2.75, 3.05) is 0 Å². The number of phenolic OH excluding ortho intramolecular Hbond substituents is 1. The summed E-state index contributed by atoms with van der Waals surface area (Å²) in [5.41, 5.74) is 4.29. The van der Waals surface area contributed by atoms with Crippen LogP contribution in [-0.2, 0) is 0 Å². The lowest BCUT2D eigenvalue weighted by atomic mass is 10.0. The third kappa shape index (κ3) is 3.29. The maximum Gasteiger partial charge on any atom is 0.124 e. The summed E-state index contributed by atoms with van der Waals surface area (Å²) in [5.74, 6) is 0.218. The van der Waals surface area contributed by atoms with Crippen molar-refractivity contribution in [3.63, 3.8) is 0 Å². The molecule has 4 heteroatoms. The second-order valence-electron chi connectivity index (χ2n) is 5.63. The van der Waals surface area contributed by atoms with E-state index in [0.29, 0.717) is 10.6 Å². The molecule has 0 aliphatic rings. The van der Waals surface area contributed by atoms with Crippen LogP contribution in [0.15, 0.2) is 78.2 Å². The van der Waals surface area contributed by atoms with Gasteiger partial charge >= 0.3 is 0 Å².